The number of carbonyl (C=O) groups is 1. The number of hydrogen-bond acceptors (Lipinski definition) is 1. The zero-order valence-corrected chi connectivity index (χ0v) is 8.81. The molecule has 0 saturated heterocycles. The van der Waals surface area contributed by atoms with Gasteiger partial charge in [-0.05, 0) is 18.9 Å². The van der Waals surface area contributed by atoms with Crippen LogP contribution in [0.1, 0.15) is 45.4 Å². The molecule has 13 heavy (non-hydrogen) atoms. The maximum atomic E-state index is 10.7. The number of rotatable bonds is 7. The van der Waals surface area contributed by atoms with E-state index in [0.29, 0.717) is 0 Å². The number of hydrogen-bond donors (Lipinski definition) is 1. The molecule has 0 aliphatic carbocycles. The molecule has 1 N–H and O–H groups in total. The van der Waals surface area contributed by atoms with Crippen LogP contribution in [0, 0.1) is 0 Å². The summed E-state index contributed by atoms with van der Waals surface area (Å²) in [5, 5.41) is 2.55. The molecule has 2 heteroatoms. The summed E-state index contributed by atoms with van der Waals surface area (Å²) in [6, 6.07) is 0. The lowest BCUT2D eigenvalue weighted by atomic mass is 10.1. The van der Waals surface area contributed by atoms with Crippen molar-refractivity contribution in [3.8, 4) is 0 Å². The second-order valence-electron chi connectivity index (χ2n) is 3.22. The highest BCUT2D eigenvalue weighted by Crippen LogP contribution is 2.04. The molecule has 0 bridgehead atoms. The first kappa shape index (κ1) is 12.2. The molecule has 0 rings (SSSR count). The Morgan fingerprint density at radius 2 is 1.92 bits per heavy atom. The van der Waals surface area contributed by atoms with E-state index in [1.54, 1.807) is 13.1 Å². The molecule has 0 aliphatic rings. The van der Waals surface area contributed by atoms with E-state index in [-0.39, 0.29) is 5.91 Å². The first-order valence-corrected chi connectivity index (χ1v) is 5.19. The van der Waals surface area contributed by atoms with Crippen LogP contribution in [0.4, 0.5) is 0 Å². The predicted molar refractivity (Wildman–Crippen MR) is 56.6 cm³/mol. The van der Waals surface area contributed by atoms with E-state index in [4.69, 9.17) is 0 Å². The highest BCUT2D eigenvalue weighted by molar-refractivity contribution is 5.87. The molecule has 0 aliphatic heterocycles. The summed E-state index contributed by atoms with van der Waals surface area (Å²) < 4.78 is 0. The van der Waals surface area contributed by atoms with Crippen molar-refractivity contribution in [2.75, 3.05) is 7.05 Å². The highest BCUT2D eigenvalue weighted by atomic mass is 16.1. The van der Waals surface area contributed by atoms with Gasteiger partial charge in [-0.25, -0.2) is 0 Å². The Hall–Kier alpha value is -0.790. The molecule has 0 unspecified atom stereocenters. The Morgan fingerprint density at radius 1 is 1.23 bits per heavy atom. The fourth-order valence-corrected chi connectivity index (χ4v) is 1.14. The van der Waals surface area contributed by atoms with Gasteiger partial charge in [-0.2, -0.15) is 0 Å². The lowest BCUT2D eigenvalue weighted by Gasteiger charge is -1.95. The summed E-state index contributed by atoms with van der Waals surface area (Å²) in [5.74, 6) is -0.00596. The third kappa shape index (κ3) is 9.12. The predicted octanol–water partition coefficient (Wildman–Crippen LogP) is 2.65. The average molecular weight is 183 g/mol. The van der Waals surface area contributed by atoms with Gasteiger partial charge in [0.25, 0.3) is 0 Å². The van der Waals surface area contributed by atoms with Crippen LogP contribution in [0.15, 0.2) is 12.2 Å². The van der Waals surface area contributed by atoms with Crippen LogP contribution in [0.5, 0.6) is 0 Å². The van der Waals surface area contributed by atoms with Gasteiger partial charge in [0.2, 0.25) is 5.91 Å². The Balaban J connectivity index is 3.15. The molecule has 0 radical (unpaired) electrons. The molecular formula is C11H21NO. The Kier molecular flexibility index (Phi) is 8.73. The van der Waals surface area contributed by atoms with Crippen molar-refractivity contribution < 1.29 is 4.79 Å². The van der Waals surface area contributed by atoms with E-state index < -0.39 is 0 Å². The lowest BCUT2D eigenvalue weighted by molar-refractivity contribution is -0.116. The first-order chi connectivity index (χ1) is 6.31. The van der Waals surface area contributed by atoms with Gasteiger partial charge in [0, 0.05) is 7.05 Å². The van der Waals surface area contributed by atoms with Crippen LogP contribution in [0.2, 0.25) is 0 Å². The minimum Gasteiger partial charge on any atom is -0.356 e. The minimum absolute atomic E-state index is 0.00596. The van der Waals surface area contributed by atoms with Gasteiger partial charge in [0.15, 0.2) is 0 Å². The molecule has 0 saturated carbocycles. The van der Waals surface area contributed by atoms with Gasteiger partial charge in [0.1, 0.15) is 0 Å². The summed E-state index contributed by atoms with van der Waals surface area (Å²) in [7, 11) is 1.65. The van der Waals surface area contributed by atoms with E-state index in [1.165, 1.54) is 32.1 Å². The molecule has 0 spiro atoms. The molecule has 0 heterocycles. The molecular weight excluding hydrogens is 162 g/mol. The van der Waals surface area contributed by atoms with E-state index in [0.717, 1.165) is 6.42 Å². The minimum atomic E-state index is -0.00596. The Morgan fingerprint density at radius 3 is 2.54 bits per heavy atom. The van der Waals surface area contributed by atoms with Crippen molar-refractivity contribution in [1.29, 1.82) is 0 Å². The second kappa shape index (κ2) is 9.30. The normalized spacial score (nSPS) is 10.6. The maximum Gasteiger partial charge on any atom is 0.243 e. The number of nitrogens with one attached hydrogen (secondary N) is 1. The Bertz CT molecular complexity index is 152. The summed E-state index contributed by atoms with van der Waals surface area (Å²) in [4.78, 5) is 10.7. The van der Waals surface area contributed by atoms with E-state index >= 15 is 0 Å². The van der Waals surface area contributed by atoms with Crippen molar-refractivity contribution in [3.05, 3.63) is 12.2 Å². The number of carbonyl (C=O) groups excluding carboxylic acids is 1. The van der Waals surface area contributed by atoms with E-state index in [9.17, 15) is 4.79 Å². The average Bonchev–Trinajstić information content (AvgIpc) is 2.16. The molecule has 0 aromatic carbocycles. The van der Waals surface area contributed by atoms with Crippen molar-refractivity contribution >= 4 is 5.91 Å². The summed E-state index contributed by atoms with van der Waals surface area (Å²) >= 11 is 0. The fourth-order valence-electron chi connectivity index (χ4n) is 1.14. The standard InChI is InChI=1S/C11H21NO/c1-3-4-5-6-7-8-9-10-11(13)12-2/h9-10H,3-8H2,1-2H3,(H,12,13)/b10-9+. The van der Waals surface area contributed by atoms with Crippen molar-refractivity contribution in [2.24, 2.45) is 0 Å². The number of unbranched alkanes of at least 4 members (excludes halogenated alkanes) is 5. The third-order valence-electron chi connectivity index (χ3n) is 1.99. The third-order valence-corrected chi connectivity index (χ3v) is 1.99. The van der Waals surface area contributed by atoms with Crippen LogP contribution in [-0.2, 0) is 4.79 Å². The van der Waals surface area contributed by atoms with Crippen molar-refractivity contribution in [3.63, 3.8) is 0 Å². The first-order valence-electron chi connectivity index (χ1n) is 5.19. The molecule has 76 valence electrons. The van der Waals surface area contributed by atoms with Gasteiger partial charge in [0.05, 0.1) is 0 Å². The van der Waals surface area contributed by atoms with Gasteiger partial charge < -0.3 is 5.32 Å². The van der Waals surface area contributed by atoms with E-state index in [2.05, 4.69) is 12.2 Å². The monoisotopic (exact) mass is 183 g/mol. The molecule has 1 amide bonds. The molecule has 0 atom stereocenters. The smallest absolute Gasteiger partial charge is 0.243 e. The highest BCUT2D eigenvalue weighted by Gasteiger charge is 1.88. The second-order valence-corrected chi connectivity index (χ2v) is 3.22. The summed E-state index contributed by atoms with van der Waals surface area (Å²) in [6.07, 6.45) is 11.0. The van der Waals surface area contributed by atoms with Gasteiger partial charge >= 0.3 is 0 Å². The van der Waals surface area contributed by atoms with Crippen LogP contribution >= 0.6 is 0 Å². The molecule has 0 fully saturated rings. The Labute approximate surface area is 81.4 Å². The summed E-state index contributed by atoms with van der Waals surface area (Å²) in [6.45, 7) is 2.21. The fraction of sp³-hybridized carbons (Fsp3) is 0.727. The van der Waals surface area contributed by atoms with Crippen molar-refractivity contribution in [2.45, 2.75) is 45.4 Å². The lowest BCUT2D eigenvalue weighted by Crippen LogP contribution is -2.13. The van der Waals surface area contributed by atoms with Crippen LogP contribution in [0.25, 0.3) is 0 Å². The number of amides is 1. The van der Waals surface area contributed by atoms with Crippen molar-refractivity contribution in [1.82, 2.24) is 5.32 Å². The molecule has 2 nitrogen and oxygen atoms in total. The molecule has 0 aromatic heterocycles. The van der Waals surface area contributed by atoms with E-state index in [1.807, 2.05) is 6.08 Å². The van der Waals surface area contributed by atoms with Crippen LogP contribution < -0.4 is 5.32 Å². The van der Waals surface area contributed by atoms with Crippen LogP contribution in [-0.4, -0.2) is 13.0 Å². The quantitative estimate of drug-likeness (QED) is 0.477. The SMILES string of the molecule is CCCCCCC/C=C/C(=O)NC. The van der Waals surface area contributed by atoms with Gasteiger partial charge in [-0.1, -0.05) is 38.7 Å². The summed E-state index contributed by atoms with van der Waals surface area (Å²) in [5.41, 5.74) is 0. The topological polar surface area (TPSA) is 29.1 Å². The largest absolute Gasteiger partial charge is 0.356 e. The van der Waals surface area contributed by atoms with Gasteiger partial charge in [-0.3, -0.25) is 4.79 Å². The molecule has 0 aromatic rings. The maximum absolute atomic E-state index is 10.7. The zero-order valence-electron chi connectivity index (χ0n) is 8.81. The zero-order chi connectivity index (χ0) is 9.94. The van der Waals surface area contributed by atoms with Crippen LogP contribution in [0.3, 0.4) is 0 Å². The van der Waals surface area contributed by atoms with Gasteiger partial charge in [-0.15, -0.1) is 0 Å². The number of allylic oxidation sites excluding steroid dienone is 1. The number of likely N-dealkylation sites (N-methyl/N-ethyl adjacent to an activating group) is 1.